The van der Waals surface area contributed by atoms with Gasteiger partial charge in [-0.3, -0.25) is 0 Å². The van der Waals surface area contributed by atoms with Crippen molar-refractivity contribution in [3.63, 3.8) is 0 Å². The molecule has 5 rings (SSSR count). The molecular formula is C24H33N6P. The SMILES string of the molecule is c1ccc(N=Nc2ccc(N=P(N3CCCC3)(N3CCCC3)N3CCCC3)cc2)cc1. The molecule has 3 heterocycles. The molecule has 0 aromatic heterocycles. The molecule has 7 heteroatoms. The molecule has 164 valence electrons. The number of rotatable bonds is 6. The van der Waals surface area contributed by atoms with E-state index in [0.717, 1.165) is 17.1 Å². The number of hydrogen-bond donors (Lipinski definition) is 0. The Balaban J connectivity index is 1.48. The summed E-state index contributed by atoms with van der Waals surface area (Å²) >= 11 is 0. The van der Waals surface area contributed by atoms with Crippen LogP contribution in [0.1, 0.15) is 38.5 Å². The van der Waals surface area contributed by atoms with Gasteiger partial charge in [-0.2, -0.15) is 10.2 Å². The first-order valence-electron chi connectivity index (χ1n) is 11.8. The highest BCUT2D eigenvalue weighted by molar-refractivity contribution is 7.59. The summed E-state index contributed by atoms with van der Waals surface area (Å²) in [6.07, 6.45) is 7.82. The van der Waals surface area contributed by atoms with E-state index >= 15 is 0 Å². The van der Waals surface area contributed by atoms with Crippen molar-refractivity contribution in [2.24, 2.45) is 15.0 Å². The largest absolute Gasteiger partial charge is 0.246 e. The van der Waals surface area contributed by atoms with E-state index in [4.69, 9.17) is 4.74 Å². The molecule has 0 saturated carbocycles. The van der Waals surface area contributed by atoms with Crippen molar-refractivity contribution >= 4 is 24.6 Å². The van der Waals surface area contributed by atoms with Gasteiger partial charge in [-0.05, 0) is 74.9 Å². The van der Waals surface area contributed by atoms with Crippen LogP contribution < -0.4 is 0 Å². The van der Waals surface area contributed by atoms with Crippen molar-refractivity contribution in [3.05, 3.63) is 54.6 Å². The van der Waals surface area contributed by atoms with Crippen LogP contribution in [0.25, 0.3) is 0 Å². The third kappa shape index (κ3) is 4.54. The molecule has 3 fully saturated rings. The van der Waals surface area contributed by atoms with Crippen molar-refractivity contribution in [1.29, 1.82) is 0 Å². The molecule has 0 N–H and O–H groups in total. The molecule has 3 saturated heterocycles. The first kappa shape index (κ1) is 21.0. The monoisotopic (exact) mass is 436 g/mol. The third-order valence-electron chi connectivity index (χ3n) is 6.52. The van der Waals surface area contributed by atoms with Gasteiger partial charge in [0.1, 0.15) is 0 Å². The fraction of sp³-hybridized carbons (Fsp3) is 0.500. The van der Waals surface area contributed by atoms with Gasteiger partial charge in [0.25, 0.3) is 0 Å². The Hall–Kier alpha value is -1.85. The molecule has 0 unspecified atom stereocenters. The number of azo groups is 1. The van der Waals surface area contributed by atoms with E-state index in [1.165, 1.54) is 77.8 Å². The summed E-state index contributed by atoms with van der Waals surface area (Å²) in [5.74, 6) is 0. The highest BCUT2D eigenvalue weighted by Crippen LogP contribution is 2.64. The van der Waals surface area contributed by atoms with Gasteiger partial charge in [0.05, 0.1) is 17.1 Å². The molecule has 0 atom stereocenters. The maximum Gasteiger partial charge on any atom is 0.172 e. The Labute approximate surface area is 186 Å². The van der Waals surface area contributed by atoms with E-state index in [-0.39, 0.29) is 0 Å². The second-order valence-electron chi connectivity index (χ2n) is 8.67. The molecule has 0 bridgehead atoms. The van der Waals surface area contributed by atoms with Crippen LogP contribution in [0, 0.1) is 0 Å². The summed E-state index contributed by atoms with van der Waals surface area (Å²) in [5, 5.41) is 8.75. The maximum absolute atomic E-state index is 5.61. The molecule has 2 aromatic carbocycles. The normalized spacial score (nSPS) is 21.4. The summed E-state index contributed by atoms with van der Waals surface area (Å²) < 4.78 is 13.9. The zero-order valence-corrected chi connectivity index (χ0v) is 19.2. The lowest BCUT2D eigenvalue weighted by Gasteiger charge is -2.45. The molecule has 3 aliphatic heterocycles. The lowest BCUT2D eigenvalue weighted by atomic mass is 10.3. The topological polar surface area (TPSA) is 46.8 Å². The molecule has 0 radical (unpaired) electrons. The first-order chi connectivity index (χ1) is 15.3. The lowest BCUT2D eigenvalue weighted by molar-refractivity contribution is 0.384. The van der Waals surface area contributed by atoms with Gasteiger partial charge in [0.15, 0.2) is 7.51 Å². The molecule has 6 nitrogen and oxygen atoms in total. The Bertz CT molecular complexity index is 877. The number of hydrogen-bond acceptors (Lipinski definition) is 3. The van der Waals surface area contributed by atoms with E-state index in [9.17, 15) is 0 Å². The van der Waals surface area contributed by atoms with E-state index in [0.29, 0.717) is 0 Å². The van der Waals surface area contributed by atoms with Crippen LogP contribution in [0.5, 0.6) is 0 Å². The van der Waals surface area contributed by atoms with Crippen LogP contribution >= 0.6 is 7.51 Å². The molecule has 0 spiro atoms. The Kier molecular flexibility index (Phi) is 6.61. The van der Waals surface area contributed by atoms with Crippen LogP contribution in [-0.2, 0) is 0 Å². The molecular weight excluding hydrogens is 403 g/mol. The Morgan fingerprint density at radius 3 is 1.32 bits per heavy atom. The van der Waals surface area contributed by atoms with E-state index in [2.05, 4.69) is 48.5 Å². The minimum absolute atomic E-state index is 0.871. The Morgan fingerprint density at radius 2 is 0.871 bits per heavy atom. The van der Waals surface area contributed by atoms with Crippen molar-refractivity contribution in [2.45, 2.75) is 38.5 Å². The summed E-state index contributed by atoms with van der Waals surface area (Å²) in [6, 6.07) is 18.3. The average molecular weight is 437 g/mol. The van der Waals surface area contributed by atoms with Crippen molar-refractivity contribution in [1.82, 2.24) is 14.0 Å². The standard InChI is InChI=1S/C24H33N6P/c1-2-10-22(11-3-1)25-26-23-12-14-24(15-13-23)27-31(28-16-4-5-17-28,29-18-6-7-19-29)30-20-8-9-21-30/h1-3,10-15H,4-9,16-21H2. The molecule has 3 aliphatic rings. The molecule has 2 aromatic rings. The highest BCUT2D eigenvalue weighted by atomic mass is 31.2. The van der Waals surface area contributed by atoms with Gasteiger partial charge >= 0.3 is 0 Å². The fourth-order valence-corrected chi connectivity index (χ4v) is 9.34. The van der Waals surface area contributed by atoms with E-state index in [1.54, 1.807) is 0 Å². The molecule has 0 aliphatic carbocycles. The van der Waals surface area contributed by atoms with Gasteiger partial charge in [-0.15, -0.1) is 0 Å². The summed E-state index contributed by atoms with van der Waals surface area (Å²) in [7, 11) is -1.87. The minimum Gasteiger partial charge on any atom is -0.246 e. The fourth-order valence-electron chi connectivity index (χ4n) is 4.98. The number of nitrogens with zero attached hydrogens (tertiary/aromatic N) is 6. The van der Waals surface area contributed by atoms with Crippen molar-refractivity contribution in [2.75, 3.05) is 39.3 Å². The molecule has 0 amide bonds. The van der Waals surface area contributed by atoms with Crippen molar-refractivity contribution in [3.8, 4) is 0 Å². The summed E-state index contributed by atoms with van der Waals surface area (Å²) in [6.45, 7) is 7.13. The van der Waals surface area contributed by atoms with Crippen LogP contribution in [0.2, 0.25) is 0 Å². The number of benzene rings is 2. The van der Waals surface area contributed by atoms with Gasteiger partial charge in [0.2, 0.25) is 0 Å². The minimum atomic E-state index is -1.87. The second-order valence-corrected chi connectivity index (χ2v) is 11.6. The van der Waals surface area contributed by atoms with Crippen LogP contribution in [-0.4, -0.2) is 53.3 Å². The average Bonchev–Trinajstić information content (AvgIpc) is 3.61. The maximum atomic E-state index is 5.61. The Morgan fingerprint density at radius 1 is 0.484 bits per heavy atom. The summed E-state index contributed by atoms with van der Waals surface area (Å²) in [5.41, 5.74) is 2.83. The van der Waals surface area contributed by atoms with Gasteiger partial charge in [-0.25, -0.2) is 18.8 Å². The zero-order valence-electron chi connectivity index (χ0n) is 18.3. The van der Waals surface area contributed by atoms with Crippen LogP contribution in [0.15, 0.2) is 69.6 Å². The summed E-state index contributed by atoms with van der Waals surface area (Å²) in [4.78, 5) is 0. The predicted molar refractivity (Wildman–Crippen MR) is 128 cm³/mol. The highest BCUT2D eigenvalue weighted by Gasteiger charge is 2.43. The van der Waals surface area contributed by atoms with Gasteiger partial charge in [-0.1, -0.05) is 18.2 Å². The van der Waals surface area contributed by atoms with Gasteiger partial charge in [0, 0.05) is 39.3 Å². The van der Waals surface area contributed by atoms with Gasteiger partial charge < -0.3 is 0 Å². The first-order valence-corrected chi connectivity index (χ1v) is 13.4. The van der Waals surface area contributed by atoms with Crippen LogP contribution in [0.4, 0.5) is 17.1 Å². The third-order valence-corrected chi connectivity index (χ3v) is 10.5. The smallest absolute Gasteiger partial charge is 0.172 e. The molecule has 31 heavy (non-hydrogen) atoms. The zero-order chi connectivity index (χ0) is 20.9. The van der Waals surface area contributed by atoms with E-state index < -0.39 is 7.51 Å². The second kappa shape index (κ2) is 9.74. The predicted octanol–water partition coefficient (Wildman–Crippen LogP) is 6.97. The lowest BCUT2D eigenvalue weighted by Crippen LogP contribution is -2.38. The quantitative estimate of drug-likeness (QED) is 0.363. The van der Waals surface area contributed by atoms with E-state index in [1.807, 2.05) is 30.3 Å². The van der Waals surface area contributed by atoms with Crippen molar-refractivity contribution < 1.29 is 0 Å². The van der Waals surface area contributed by atoms with Crippen LogP contribution in [0.3, 0.4) is 0 Å².